The Kier molecular flexibility index (Phi) is 3.08. The number of alkyl halides is 1. The van der Waals surface area contributed by atoms with Crippen molar-refractivity contribution in [3.8, 4) is 0 Å². The van der Waals surface area contributed by atoms with E-state index in [1.165, 1.54) is 12.8 Å². The summed E-state index contributed by atoms with van der Waals surface area (Å²) in [6.45, 7) is 8.91. The molecule has 0 spiro atoms. The van der Waals surface area contributed by atoms with Gasteiger partial charge < -0.3 is 5.11 Å². The topological polar surface area (TPSA) is 20.2 Å². The molecule has 0 heterocycles. The molecule has 0 aromatic heterocycles. The fourth-order valence-electron chi connectivity index (χ4n) is 4.43. The van der Waals surface area contributed by atoms with E-state index in [0.717, 1.165) is 12.8 Å². The molecule has 0 aromatic carbocycles. The number of hydrogen-bond acceptors (Lipinski definition) is 1. The molecular formula is C14H25ClO. The molecule has 0 bridgehead atoms. The smallest absolute Gasteiger partial charge is 0.0725 e. The van der Waals surface area contributed by atoms with E-state index in [0.29, 0.717) is 11.8 Å². The zero-order valence-corrected chi connectivity index (χ0v) is 11.7. The largest absolute Gasteiger partial charge is 0.389 e. The minimum absolute atomic E-state index is 0.0829. The summed E-state index contributed by atoms with van der Waals surface area (Å²) < 4.78 is 0. The van der Waals surface area contributed by atoms with Gasteiger partial charge in [-0.05, 0) is 43.4 Å². The highest BCUT2D eigenvalue weighted by Gasteiger charge is 2.59. The summed E-state index contributed by atoms with van der Waals surface area (Å²) in [5.41, 5.74) is -0.245. The van der Waals surface area contributed by atoms with Crippen molar-refractivity contribution in [1.82, 2.24) is 0 Å². The monoisotopic (exact) mass is 244 g/mol. The van der Waals surface area contributed by atoms with Gasteiger partial charge >= 0.3 is 0 Å². The molecule has 94 valence electrons. The number of fused-ring (bicyclic) bond motifs is 1. The molecular weight excluding hydrogens is 220 g/mol. The standard InChI is InChI=1S/C14H25ClO/c1-9-5-6-12-13(3,4)8-11(10(2)15)14(12,16)7-9/h9-12,16H,5-8H2,1-4H3/t9-,10?,11?,12+,14?/m1/s1. The predicted molar refractivity (Wildman–Crippen MR) is 68.7 cm³/mol. The lowest BCUT2D eigenvalue weighted by atomic mass is 9.65. The molecule has 2 fully saturated rings. The second-order valence-electron chi connectivity index (χ2n) is 6.91. The molecule has 5 atom stereocenters. The van der Waals surface area contributed by atoms with E-state index in [2.05, 4.69) is 20.8 Å². The molecule has 2 aliphatic carbocycles. The molecule has 0 radical (unpaired) electrons. The third kappa shape index (κ3) is 1.80. The van der Waals surface area contributed by atoms with Gasteiger partial charge in [-0.25, -0.2) is 0 Å². The van der Waals surface area contributed by atoms with Crippen LogP contribution in [0.15, 0.2) is 0 Å². The maximum atomic E-state index is 11.1. The molecule has 0 amide bonds. The van der Waals surface area contributed by atoms with Crippen molar-refractivity contribution in [2.45, 2.75) is 64.4 Å². The van der Waals surface area contributed by atoms with Crippen molar-refractivity contribution in [2.75, 3.05) is 0 Å². The first-order valence-corrected chi connectivity index (χ1v) is 7.07. The molecule has 1 nitrogen and oxygen atoms in total. The van der Waals surface area contributed by atoms with Crippen LogP contribution in [-0.2, 0) is 0 Å². The van der Waals surface area contributed by atoms with Crippen molar-refractivity contribution in [2.24, 2.45) is 23.2 Å². The molecule has 2 saturated carbocycles. The van der Waals surface area contributed by atoms with Gasteiger partial charge in [0.1, 0.15) is 0 Å². The number of rotatable bonds is 1. The van der Waals surface area contributed by atoms with Crippen molar-refractivity contribution >= 4 is 11.6 Å². The van der Waals surface area contributed by atoms with Crippen molar-refractivity contribution < 1.29 is 5.11 Å². The summed E-state index contributed by atoms with van der Waals surface area (Å²) in [4.78, 5) is 0. The summed E-state index contributed by atoms with van der Waals surface area (Å²) in [7, 11) is 0. The quantitative estimate of drug-likeness (QED) is 0.696. The van der Waals surface area contributed by atoms with Crippen molar-refractivity contribution in [1.29, 1.82) is 0 Å². The van der Waals surface area contributed by atoms with Crippen molar-refractivity contribution in [3.63, 3.8) is 0 Å². The van der Waals surface area contributed by atoms with E-state index in [1.54, 1.807) is 0 Å². The Balaban J connectivity index is 2.32. The highest BCUT2D eigenvalue weighted by atomic mass is 35.5. The minimum Gasteiger partial charge on any atom is -0.389 e. The number of hydrogen-bond donors (Lipinski definition) is 1. The molecule has 3 unspecified atom stereocenters. The molecule has 1 N–H and O–H groups in total. The molecule has 2 heteroatoms. The van der Waals surface area contributed by atoms with Crippen LogP contribution in [0, 0.1) is 23.2 Å². The Bertz CT molecular complexity index is 274. The maximum absolute atomic E-state index is 11.1. The first kappa shape index (κ1) is 12.7. The second-order valence-corrected chi connectivity index (χ2v) is 7.60. The van der Waals surface area contributed by atoms with Crippen molar-refractivity contribution in [3.05, 3.63) is 0 Å². The first-order valence-electron chi connectivity index (χ1n) is 6.64. The van der Waals surface area contributed by atoms with Gasteiger partial charge in [0.05, 0.1) is 5.60 Å². The Hall–Kier alpha value is 0.250. The molecule has 16 heavy (non-hydrogen) atoms. The van der Waals surface area contributed by atoms with Crippen LogP contribution in [0.5, 0.6) is 0 Å². The van der Waals surface area contributed by atoms with Crippen LogP contribution >= 0.6 is 11.6 Å². The Morgan fingerprint density at radius 2 is 1.88 bits per heavy atom. The Morgan fingerprint density at radius 3 is 2.44 bits per heavy atom. The van der Waals surface area contributed by atoms with Gasteiger partial charge in [-0.3, -0.25) is 0 Å². The number of aliphatic hydroxyl groups is 1. The molecule has 0 aliphatic heterocycles. The van der Waals surface area contributed by atoms with E-state index in [9.17, 15) is 5.11 Å². The zero-order chi connectivity index (χ0) is 12.1. The highest BCUT2D eigenvalue weighted by Crippen LogP contribution is 2.60. The molecule has 0 saturated heterocycles. The normalized spacial score (nSPS) is 48.8. The third-order valence-electron chi connectivity index (χ3n) is 5.11. The summed E-state index contributed by atoms with van der Waals surface area (Å²) >= 11 is 6.31. The Labute approximate surface area is 105 Å². The predicted octanol–water partition coefficient (Wildman–Crippen LogP) is 3.83. The van der Waals surface area contributed by atoms with Gasteiger partial charge in [0, 0.05) is 11.3 Å². The van der Waals surface area contributed by atoms with Crippen LogP contribution < -0.4 is 0 Å². The zero-order valence-electron chi connectivity index (χ0n) is 11.0. The lowest BCUT2D eigenvalue weighted by Gasteiger charge is -2.45. The van der Waals surface area contributed by atoms with Gasteiger partial charge in [-0.1, -0.05) is 27.2 Å². The highest BCUT2D eigenvalue weighted by molar-refractivity contribution is 6.20. The lowest BCUT2D eigenvalue weighted by molar-refractivity contribution is -0.0905. The summed E-state index contributed by atoms with van der Waals surface area (Å²) in [6.07, 6.45) is 4.46. The molecule has 2 rings (SSSR count). The first-order chi connectivity index (χ1) is 7.27. The van der Waals surface area contributed by atoms with E-state index in [1.807, 2.05) is 6.92 Å². The third-order valence-corrected chi connectivity index (χ3v) is 5.42. The van der Waals surface area contributed by atoms with Gasteiger partial charge in [-0.15, -0.1) is 11.6 Å². The van der Waals surface area contributed by atoms with Crippen LogP contribution in [0.4, 0.5) is 0 Å². The van der Waals surface area contributed by atoms with E-state index in [4.69, 9.17) is 11.6 Å². The summed E-state index contributed by atoms with van der Waals surface area (Å²) in [6, 6.07) is 0. The Morgan fingerprint density at radius 1 is 1.25 bits per heavy atom. The molecule has 0 aromatic rings. The maximum Gasteiger partial charge on any atom is 0.0725 e. The van der Waals surface area contributed by atoms with E-state index < -0.39 is 5.60 Å². The minimum atomic E-state index is -0.498. The van der Waals surface area contributed by atoms with Crippen LogP contribution in [0.3, 0.4) is 0 Å². The summed E-state index contributed by atoms with van der Waals surface area (Å²) in [5.74, 6) is 1.37. The lowest BCUT2D eigenvalue weighted by Crippen LogP contribution is -2.48. The van der Waals surface area contributed by atoms with Crippen LogP contribution in [0.25, 0.3) is 0 Å². The average molecular weight is 245 g/mol. The van der Waals surface area contributed by atoms with E-state index in [-0.39, 0.29) is 16.7 Å². The fraction of sp³-hybridized carbons (Fsp3) is 1.00. The second kappa shape index (κ2) is 3.88. The van der Waals surface area contributed by atoms with Crippen LogP contribution in [0.1, 0.15) is 53.4 Å². The van der Waals surface area contributed by atoms with Gasteiger partial charge in [0.25, 0.3) is 0 Å². The van der Waals surface area contributed by atoms with Crippen LogP contribution in [-0.4, -0.2) is 16.1 Å². The summed E-state index contributed by atoms with van der Waals surface area (Å²) in [5, 5.41) is 11.1. The van der Waals surface area contributed by atoms with Gasteiger partial charge in [0.2, 0.25) is 0 Å². The average Bonchev–Trinajstić information content (AvgIpc) is 2.32. The molecule has 2 aliphatic rings. The number of halogens is 1. The van der Waals surface area contributed by atoms with Gasteiger partial charge in [0.15, 0.2) is 0 Å². The van der Waals surface area contributed by atoms with E-state index >= 15 is 0 Å². The fourth-order valence-corrected chi connectivity index (χ4v) is 4.73. The SMILES string of the molecule is CC(Cl)C1CC(C)(C)[C@@H]2CC[C@@H](C)CC12O. The van der Waals surface area contributed by atoms with Crippen LogP contribution in [0.2, 0.25) is 0 Å². The van der Waals surface area contributed by atoms with Gasteiger partial charge in [-0.2, -0.15) is 0 Å².